The maximum Gasteiger partial charge on any atom is 0.122 e. The summed E-state index contributed by atoms with van der Waals surface area (Å²) in [6.07, 6.45) is 1.66. The monoisotopic (exact) mass is 412 g/mol. The molecule has 1 heterocycles. The molecule has 0 aliphatic rings. The number of hydrogen-bond donors (Lipinski definition) is 2. The Balaban J connectivity index is 1.90. The minimum Gasteiger partial charge on any atom is -0.497 e. The Morgan fingerprint density at radius 2 is 1.81 bits per heavy atom. The first kappa shape index (κ1) is 20.3. The summed E-state index contributed by atoms with van der Waals surface area (Å²) in [5, 5.41) is 13.4. The first-order valence-electron chi connectivity index (χ1n) is 9.99. The number of fused-ring (bicyclic) bond motifs is 1. The van der Waals surface area contributed by atoms with E-state index in [9.17, 15) is 5.26 Å². The standard InChI is InChI=1S/C25H24N4O2/c1-15-5-10-21(31-4)16(2)22(15)23-24(18(12-26)11-20-25(23)29-14-28-20)27-13-17-6-8-19(30-3)9-7-17/h5-11,14,27H,13H2,1-4H3,(H,28,29). The number of nitrogens with zero attached hydrogens (tertiary/aromatic N) is 2. The van der Waals surface area contributed by atoms with Crippen LogP contribution in [-0.4, -0.2) is 24.2 Å². The zero-order valence-corrected chi connectivity index (χ0v) is 18.0. The van der Waals surface area contributed by atoms with Crippen LogP contribution in [0.5, 0.6) is 11.5 Å². The Morgan fingerprint density at radius 1 is 1.03 bits per heavy atom. The summed E-state index contributed by atoms with van der Waals surface area (Å²) in [6.45, 7) is 4.65. The number of aromatic nitrogens is 2. The third-order valence-electron chi connectivity index (χ3n) is 5.56. The van der Waals surface area contributed by atoms with Crippen molar-refractivity contribution in [1.82, 2.24) is 9.97 Å². The molecule has 0 amide bonds. The van der Waals surface area contributed by atoms with Crippen LogP contribution in [-0.2, 0) is 6.54 Å². The number of hydrogen-bond acceptors (Lipinski definition) is 5. The van der Waals surface area contributed by atoms with Crippen molar-refractivity contribution in [3.63, 3.8) is 0 Å². The zero-order chi connectivity index (χ0) is 22.0. The van der Waals surface area contributed by atoms with E-state index in [1.54, 1.807) is 20.5 Å². The van der Waals surface area contributed by atoms with Gasteiger partial charge in [0, 0.05) is 12.1 Å². The number of nitriles is 1. The Kier molecular flexibility index (Phi) is 5.50. The van der Waals surface area contributed by atoms with Crippen molar-refractivity contribution in [2.24, 2.45) is 0 Å². The molecule has 4 rings (SSSR count). The van der Waals surface area contributed by atoms with Crippen LogP contribution in [0.25, 0.3) is 22.2 Å². The maximum absolute atomic E-state index is 9.93. The fourth-order valence-corrected chi connectivity index (χ4v) is 3.97. The Bertz CT molecular complexity index is 1280. The van der Waals surface area contributed by atoms with E-state index in [-0.39, 0.29) is 0 Å². The van der Waals surface area contributed by atoms with Gasteiger partial charge in [0.25, 0.3) is 0 Å². The molecule has 0 saturated heterocycles. The fourth-order valence-electron chi connectivity index (χ4n) is 3.97. The molecule has 0 aliphatic heterocycles. The molecule has 31 heavy (non-hydrogen) atoms. The SMILES string of the molecule is COc1ccc(CNc2c(C#N)cc3[nH]cnc3c2-c2c(C)ccc(OC)c2C)cc1. The van der Waals surface area contributed by atoms with E-state index in [2.05, 4.69) is 28.3 Å². The largest absolute Gasteiger partial charge is 0.497 e. The van der Waals surface area contributed by atoms with Gasteiger partial charge in [-0.25, -0.2) is 4.98 Å². The molecule has 1 aromatic heterocycles. The number of anilines is 1. The van der Waals surface area contributed by atoms with E-state index >= 15 is 0 Å². The third-order valence-corrected chi connectivity index (χ3v) is 5.56. The molecular weight excluding hydrogens is 388 g/mol. The van der Waals surface area contributed by atoms with E-state index in [4.69, 9.17) is 9.47 Å². The van der Waals surface area contributed by atoms with E-state index in [0.717, 1.165) is 56.0 Å². The van der Waals surface area contributed by atoms with Crippen LogP contribution in [0, 0.1) is 25.2 Å². The second-order valence-electron chi connectivity index (χ2n) is 7.37. The van der Waals surface area contributed by atoms with Gasteiger partial charge in [-0.3, -0.25) is 0 Å². The molecule has 156 valence electrons. The summed E-state index contributed by atoms with van der Waals surface area (Å²) in [5.41, 5.74) is 8.05. The van der Waals surface area contributed by atoms with Crippen LogP contribution in [0.4, 0.5) is 5.69 Å². The van der Waals surface area contributed by atoms with Crippen LogP contribution in [0.1, 0.15) is 22.3 Å². The van der Waals surface area contributed by atoms with E-state index in [1.807, 2.05) is 49.4 Å². The van der Waals surface area contributed by atoms with Gasteiger partial charge in [0.2, 0.25) is 0 Å². The predicted molar refractivity (Wildman–Crippen MR) is 123 cm³/mol. The van der Waals surface area contributed by atoms with Gasteiger partial charge < -0.3 is 19.8 Å². The molecule has 0 radical (unpaired) electrons. The van der Waals surface area contributed by atoms with E-state index in [0.29, 0.717) is 12.1 Å². The number of aromatic amines is 1. The van der Waals surface area contributed by atoms with Crippen LogP contribution >= 0.6 is 0 Å². The van der Waals surface area contributed by atoms with Crippen molar-refractivity contribution in [2.45, 2.75) is 20.4 Å². The predicted octanol–water partition coefficient (Wildman–Crippen LogP) is 5.35. The zero-order valence-electron chi connectivity index (χ0n) is 18.0. The lowest BCUT2D eigenvalue weighted by atomic mass is 9.91. The van der Waals surface area contributed by atoms with Gasteiger partial charge in [-0.1, -0.05) is 18.2 Å². The van der Waals surface area contributed by atoms with Gasteiger partial charge in [-0.2, -0.15) is 5.26 Å². The summed E-state index contributed by atoms with van der Waals surface area (Å²) >= 11 is 0. The Hall–Kier alpha value is -3.98. The average molecular weight is 412 g/mol. The molecule has 0 bridgehead atoms. The van der Waals surface area contributed by atoms with Gasteiger partial charge in [-0.05, 0) is 60.4 Å². The number of nitrogens with one attached hydrogen (secondary N) is 2. The fraction of sp³-hybridized carbons (Fsp3) is 0.200. The first-order chi connectivity index (χ1) is 15.1. The van der Waals surface area contributed by atoms with Crippen molar-refractivity contribution >= 4 is 16.7 Å². The molecule has 0 aliphatic carbocycles. The maximum atomic E-state index is 9.93. The molecule has 0 spiro atoms. The van der Waals surface area contributed by atoms with Crippen molar-refractivity contribution < 1.29 is 9.47 Å². The highest BCUT2D eigenvalue weighted by Gasteiger charge is 2.21. The molecule has 6 nitrogen and oxygen atoms in total. The lowest BCUT2D eigenvalue weighted by Gasteiger charge is -2.20. The van der Waals surface area contributed by atoms with Crippen molar-refractivity contribution in [3.8, 4) is 28.7 Å². The number of aryl methyl sites for hydroxylation is 1. The Morgan fingerprint density at radius 3 is 2.48 bits per heavy atom. The summed E-state index contributed by atoms with van der Waals surface area (Å²) in [7, 11) is 3.32. The Labute approximate surface area is 181 Å². The van der Waals surface area contributed by atoms with Gasteiger partial charge in [-0.15, -0.1) is 0 Å². The number of H-pyrrole nitrogens is 1. The topological polar surface area (TPSA) is 83.0 Å². The molecule has 0 fully saturated rings. The number of benzene rings is 3. The van der Waals surface area contributed by atoms with Gasteiger partial charge in [0.15, 0.2) is 0 Å². The highest BCUT2D eigenvalue weighted by Crippen LogP contribution is 2.42. The number of rotatable bonds is 6. The van der Waals surface area contributed by atoms with Gasteiger partial charge in [0.05, 0.1) is 42.8 Å². The molecule has 2 N–H and O–H groups in total. The van der Waals surface area contributed by atoms with Crippen LogP contribution in [0.15, 0.2) is 48.8 Å². The second kappa shape index (κ2) is 8.41. The van der Waals surface area contributed by atoms with Crippen molar-refractivity contribution in [3.05, 3.63) is 71.0 Å². The molecule has 4 aromatic rings. The van der Waals surface area contributed by atoms with Crippen molar-refractivity contribution in [1.29, 1.82) is 5.26 Å². The summed E-state index contributed by atoms with van der Waals surface area (Å²) in [4.78, 5) is 7.73. The highest BCUT2D eigenvalue weighted by molar-refractivity contribution is 6.03. The molecule has 0 atom stereocenters. The number of ether oxygens (including phenoxy) is 2. The molecule has 3 aromatic carbocycles. The quantitative estimate of drug-likeness (QED) is 0.446. The number of imidazole rings is 1. The average Bonchev–Trinajstić information content (AvgIpc) is 3.26. The minimum absolute atomic E-state index is 0.557. The molecule has 0 unspecified atom stereocenters. The third kappa shape index (κ3) is 3.66. The summed E-state index contributed by atoms with van der Waals surface area (Å²) in [6, 6.07) is 16.1. The van der Waals surface area contributed by atoms with E-state index < -0.39 is 0 Å². The normalized spacial score (nSPS) is 10.7. The molecule has 6 heteroatoms. The summed E-state index contributed by atoms with van der Waals surface area (Å²) in [5.74, 6) is 1.61. The van der Waals surface area contributed by atoms with Gasteiger partial charge >= 0.3 is 0 Å². The smallest absolute Gasteiger partial charge is 0.122 e. The van der Waals surface area contributed by atoms with Crippen molar-refractivity contribution in [2.75, 3.05) is 19.5 Å². The van der Waals surface area contributed by atoms with Crippen LogP contribution in [0.2, 0.25) is 0 Å². The summed E-state index contributed by atoms with van der Waals surface area (Å²) < 4.78 is 10.8. The van der Waals surface area contributed by atoms with E-state index in [1.165, 1.54) is 0 Å². The lowest BCUT2D eigenvalue weighted by molar-refractivity contribution is 0.412. The minimum atomic E-state index is 0.557. The van der Waals surface area contributed by atoms with Crippen LogP contribution < -0.4 is 14.8 Å². The molecule has 0 saturated carbocycles. The molecular formula is C25H24N4O2. The second-order valence-corrected chi connectivity index (χ2v) is 7.37. The van der Waals surface area contributed by atoms with Crippen LogP contribution in [0.3, 0.4) is 0 Å². The number of methoxy groups -OCH3 is 2. The lowest BCUT2D eigenvalue weighted by Crippen LogP contribution is -2.05. The highest BCUT2D eigenvalue weighted by atomic mass is 16.5. The van der Waals surface area contributed by atoms with Gasteiger partial charge in [0.1, 0.15) is 17.6 Å². The first-order valence-corrected chi connectivity index (χ1v) is 9.99.